The predicted molar refractivity (Wildman–Crippen MR) is 76.0 cm³/mol. The number of nitrogens with one attached hydrogen (secondary N) is 1. The summed E-state index contributed by atoms with van der Waals surface area (Å²) < 4.78 is 11.5. The van der Waals surface area contributed by atoms with Gasteiger partial charge in [0.15, 0.2) is 0 Å². The summed E-state index contributed by atoms with van der Waals surface area (Å²) in [5.74, 6) is 0. The molecule has 18 heavy (non-hydrogen) atoms. The van der Waals surface area contributed by atoms with Gasteiger partial charge in [-0.1, -0.05) is 6.92 Å². The molecule has 0 saturated carbocycles. The first-order valence-electron chi connectivity index (χ1n) is 7.69. The van der Waals surface area contributed by atoms with Gasteiger partial charge in [0.1, 0.15) is 0 Å². The van der Waals surface area contributed by atoms with E-state index in [4.69, 9.17) is 9.47 Å². The maximum atomic E-state index is 5.79. The minimum Gasteiger partial charge on any atom is -0.378 e. The first kappa shape index (κ1) is 15.9. The van der Waals surface area contributed by atoms with E-state index in [1.807, 2.05) is 0 Å². The summed E-state index contributed by atoms with van der Waals surface area (Å²) in [7, 11) is 0. The maximum absolute atomic E-state index is 5.79. The van der Waals surface area contributed by atoms with Crippen molar-refractivity contribution in [3.63, 3.8) is 0 Å². The van der Waals surface area contributed by atoms with Crippen molar-refractivity contribution in [3.05, 3.63) is 0 Å². The second-order valence-electron chi connectivity index (χ2n) is 5.60. The molecule has 0 radical (unpaired) electrons. The van der Waals surface area contributed by atoms with Crippen LogP contribution in [0, 0.1) is 0 Å². The van der Waals surface area contributed by atoms with Gasteiger partial charge in [0.2, 0.25) is 0 Å². The lowest BCUT2D eigenvalue weighted by Crippen LogP contribution is -2.36. The predicted octanol–water partition coefficient (Wildman–Crippen LogP) is 3.13. The van der Waals surface area contributed by atoms with Crippen LogP contribution in [0.1, 0.15) is 59.3 Å². The second kappa shape index (κ2) is 9.76. The Morgan fingerprint density at radius 3 is 2.78 bits per heavy atom. The van der Waals surface area contributed by atoms with Crippen LogP contribution in [0.4, 0.5) is 0 Å². The van der Waals surface area contributed by atoms with Crippen LogP contribution < -0.4 is 5.32 Å². The summed E-state index contributed by atoms with van der Waals surface area (Å²) in [4.78, 5) is 0. The van der Waals surface area contributed by atoms with Gasteiger partial charge < -0.3 is 14.8 Å². The molecule has 108 valence electrons. The molecule has 0 bridgehead atoms. The summed E-state index contributed by atoms with van der Waals surface area (Å²) in [6, 6.07) is 0.484. The number of hydrogen-bond donors (Lipinski definition) is 1. The lowest BCUT2D eigenvalue weighted by Gasteiger charge is -2.25. The molecular formula is C15H31NO2. The Labute approximate surface area is 113 Å². The molecule has 2 atom stereocenters. The van der Waals surface area contributed by atoms with Gasteiger partial charge in [0.05, 0.1) is 18.8 Å². The molecule has 1 N–H and O–H groups in total. The third-order valence-corrected chi connectivity index (χ3v) is 3.42. The van der Waals surface area contributed by atoms with E-state index in [-0.39, 0.29) is 0 Å². The van der Waals surface area contributed by atoms with E-state index < -0.39 is 0 Å². The molecule has 0 aromatic rings. The lowest BCUT2D eigenvalue weighted by atomic mass is 10.0. The molecule has 3 heteroatoms. The lowest BCUT2D eigenvalue weighted by molar-refractivity contribution is 0.00385. The van der Waals surface area contributed by atoms with E-state index in [1.54, 1.807) is 0 Å². The molecule has 0 amide bonds. The standard InChI is InChI=1S/C15H31NO2/c1-4-10-16-14(12-18-13(2)3)8-9-15-7-5-6-11-17-15/h13-16H,4-12H2,1-3H3. The van der Waals surface area contributed by atoms with Crippen molar-refractivity contribution < 1.29 is 9.47 Å². The Kier molecular flexibility index (Phi) is 8.64. The van der Waals surface area contributed by atoms with Crippen LogP contribution in [-0.4, -0.2) is 38.0 Å². The average molecular weight is 257 g/mol. The summed E-state index contributed by atoms with van der Waals surface area (Å²) in [6.45, 7) is 9.27. The maximum Gasteiger partial charge on any atom is 0.0623 e. The first-order chi connectivity index (χ1) is 8.72. The first-order valence-corrected chi connectivity index (χ1v) is 7.69. The number of hydrogen-bond acceptors (Lipinski definition) is 3. The molecule has 3 nitrogen and oxygen atoms in total. The molecule has 0 aliphatic carbocycles. The molecule has 0 aromatic carbocycles. The fraction of sp³-hybridized carbons (Fsp3) is 1.00. The van der Waals surface area contributed by atoms with Gasteiger partial charge in [-0.15, -0.1) is 0 Å². The summed E-state index contributed by atoms with van der Waals surface area (Å²) in [5.41, 5.74) is 0. The summed E-state index contributed by atoms with van der Waals surface area (Å²) in [5, 5.41) is 3.58. The van der Waals surface area contributed by atoms with Gasteiger partial charge in [-0.25, -0.2) is 0 Å². The Bertz CT molecular complexity index is 191. The topological polar surface area (TPSA) is 30.5 Å². The summed E-state index contributed by atoms with van der Waals surface area (Å²) >= 11 is 0. The van der Waals surface area contributed by atoms with Crippen LogP contribution in [0.2, 0.25) is 0 Å². The second-order valence-corrected chi connectivity index (χ2v) is 5.60. The monoisotopic (exact) mass is 257 g/mol. The van der Waals surface area contributed by atoms with E-state index in [9.17, 15) is 0 Å². The molecule has 1 rings (SSSR count). The van der Waals surface area contributed by atoms with E-state index in [1.165, 1.54) is 32.1 Å². The van der Waals surface area contributed by atoms with Crippen LogP contribution in [0.5, 0.6) is 0 Å². The number of rotatable bonds is 9. The van der Waals surface area contributed by atoms with Crippen LogP contribution in [-0.2, 0) is 9.47 Å². The van der Waals surface area contributed by atoms with Gasteiger partial charge in [-0.2, -0.15) is 0 Å². The quantitative estimate of drug-likeness (QED) is 0.688. The van der Waals surface area contributed by atoms with Crippen LogP contribution >= 0.6 is 0 Å². The summed E-state index contributed by atoms with van der Waals surface area (Å²) in [6.07, 6.45) is 8.14. The highest BCUT2D eigenvalue weighted by molar-refractivity contribution is 4.71. The van der Waals surface area contributed by atoms with E-state index in [0.29, 0.717) is 18.2 Å². The van der Waals surface area contributed by atoms with Crippen LogP contribution in [0.15, 0.2) is 0 Å². The Morgan fingerprint density at radius 1 is 1.33 bits per heavy atom. The van der Waals surface area contributed by atoms with Crippen molar-refractivity contribution >= 4 is 0 Å². The van der Waals surface area contributed by atoms with Gasteiger partial charge in [0, 0.05) is 12.6 Å². The highest BCUT2D eigenvalue weighted by Crippen LogP contribution is 2.18. The highest BCUT2D eigenvalue weighted by atomic mass is 16.5. The smallest absolute Gasteiger partial charge is 0.0623 e. The molecule has 1 saturated heterocycles. The molecule has 0 aromatic heterocycles. The van der Waals surface area contributed by atoms with E-state index in [2.05, 4.69) is 26.1 Å². The molecular weight excluding hydrogens is 226 g/mol. The van der Waals surface area contributed by atoms with Gasteiger partial charge >= 0.3 is 0 Å². The van der Waals surface area contributed by atoms with Crippen molar-refractivity contribution in [2.45, 2.75) is 77.5 Å². The van der Waals surface area contributed by atoms with Gasteiger partial charge in [0.25, 0.3) is 0 Å². The molecule has 1 heterocycles. The molecule has 1 fully saturated rings. The number of ether oxygens (including phenoxy) is 2. The normalized spacial score (nSPS) is 22.3. The molecule has 1 aliphatic rings. The Balaban J connectivity index is 2.20. The van der Waals surface area contributed by atoms with Crippen molar-refractivity contribution in [2.75, 3.05) is 19.8 Å². The molecule has 1 aliphatic heterocycles. The van der Waals surface area contributed by atoms with Crippen LogP contribution in [0.25, 0.3) is 0 Å². The molecule has 2 unspecified atom stereocenters. The zero-order chi connectivity index (χ0) is 13.2. The van der Waals surface area contributed by atoms with Crippen molar-refractivity contribution in [1.82, 2.24) is 5.32 Å². The van der Waals surface area contributed by atoms with E-state index in [0.717, 1.165) is 26.2 Å². The Hall–Kier alpha value is -0.120. The largest absolute Gasteiger partial charge is 0.378 e. The zero-order valence-corrected chi connectivity index (χ0v) is 12.4. The fourth-order valence-corrected chi connectivity index (χ4v) is 2.32. The van der Waals surface area contributed by atoms with E-state index >= 15 is 0 Å². The van der Waals surface area contributed by atoms with Gasteiger partial charge in [-0.05, 0) is 58.9 Å². The minimum atomic E-state index is 0.321. The van der Waals surface area contributed by atoms with Crippen LogP contribution in [0.3, 0.4) is 0 Å². The fourth-order valence-electron chi connectivity index (χ4n) is 2.32. The van der Waals surface area contributed by atoms with Crippen molar-refractivity contribution in [2.24, 2.45) is 0 Å². The zero-order valence-electron chi connectivity index (χ0n) is 12.4. The third kappa shape index (κ3) is 7.34. The molecule has 0 spiro atoms. The average Bonchev–Trinajstić information content (AvgIpc) is 2.39. The van der Waals surface area contributed by atoms with Crippen molar-refractivity contribution in [3.8, 4) is 0 Å². The minimum absolute atomic E-state index is 0.321. The highest BCUT2D eigenvalue weighted by Gasteiger charge is 2.16. The van der Waals surface area contributed by atoms with Gasteiger partial charge in [-0.3, -0.25) is 0 Å². The van der Waals surface area contributed by atoms with Crippen molar-refractivity contribution in [1.29, 1.82) is 0 Å². The third-order valence-electron chi connectivity index (χ3n) is 3.42. The Morgan fingerprint density at radius 2 is 2.17 bits per heavy atom. The SMILES string of the molecule is CCCNC(CCC1CCCCO1)COC(C)C.